The predicted molar refractivity (Wildman–Crippen MR) is 84.3 cm³/mol. The van der Waals surface area contributed by atoms with Crippen LogP contribution in [0.25, 0.3) is 0 Å². The Bertz CT molecular complexity index is 600. The SMILES string of the molecule is COc1ccc(N(C)c2ccc(Br)cn2)c(OC)c1C. The maximum Gasteiger partial charge on any atom is 0.149 e. The van der Waals surface area contributed by atoms with Crippen LogP contribution in [0, 0.1) is 6.92 Å². The van der Waals surface area contributed by atoms with Crippen LogP contribution in [0.3, 0.4) is 0 Å². The van der Waals surface area contributed by atoms with Crippen molar-refractivity contribution in [2.24, 2.45) is 0 Å². The van der Waals surface area contributed by atoms with Gasteiger partial charge in [-0.2, -0.15) is 0 Å². The van der Waals surface area contributed by atoms with Crippen molar-refractivity contribution in [3.8, 4) is 11.5 Å². The lowest BCUT2D eigenvalue weighted by Gasteiger charge is -2.23. The van der Waals surface area contributed by atoms with Gasteiger partial charge in [0, 0.05) is 23.3 Å². The Labute approximate surface area is 127 Å². The molecule has 2 aromatic rings. The average molecular weight is 337 g/mol. The molecule has 0 amide bonds. The van der Waals surface area contributed by atoms with Gasteiger partial charge in [-0.3, -0.25) is 0 Å². The number of anilines is 2. The molecule has 0 fully saturated rings. The molecule has 0 unspecified atom stereocenters. The van der Waals surface area contributed by atoms with Gasteiger partial charge in [-0.25, -0.2) is 4.98 Å². The highest BCUT2D eigenvalue weighted by atomic mass is 79.9. The van der Waals surface area contributed by atoms with Gasteiger partial charge in [0.05, 0.1) is 19.9 Å². The van der Waals surface area contributed by atoms with E-state index in [0.29, 0.717) is 0 Å². The van der Waals surface area contributed by atoms with Crippen LogP contribution in [0.2, 0.25) is 0 Å². The van der Waals surface area contributed by atoms with Crippen molar-refractivity contribution in [1.82, 2.24) is 4.98 Å². The van der Waals surface area contributed by atoms with E-state index in [1.807, 2.05) is 43.1 Å². The average Bonchev–Trinajstić information content (AvgIpc) is 2.47. The maximum absolute atomic E-state index is 5.53. The number of aromatic nitrogens is 1. The zero-order valence-electron chi connectivity index (χ0n) is 12.0. The Balaban J connectivity index is 2.46. The molecule has 0 atom stereocenters. The first-order valence-corrected chi connectivity index (χ1v) is 6.94. The van der Waals surface area contributed by atoms with Crippen LogP contribution in [-0.4, -0.2) is 26.3 Å². The molecule has 1 aromatic heterocycles. The van der Waals surface area contributed by atoms with Crippen molar-refractivity contribution in [3.63, 3.8) is 0 Å². The third-order valence-electron chi connectivity index (χ3n) is 3.18. The second-order valence-corrected chi connectivity index (χ2v) is 5.25. The second kappa shape index (κ2) is 6.13. The molecule has 0 spiro atoms. The molecule has 2 rings (SSSR count). The van der Waals surface area contributed by atoms with Gasteiger partial charge in [-0.05, 0) is 47.1 Å². The summed E-state index contributed by atoms with van der Waals surface area (Å²) in [5, 5.41) is 0. The summed E-state index contributed by atoms with van der Waals surface area (Å²) < 4.78 is 11.8. The monoisotopic (exact) mass is 336 g/mol. The summed E-state index contributed by atoms with van der Waals surface area (Å²) >= 11 is 3.39. The smallest absolute Gasteiger partial charge is 0.149 e. The molecule has 1 aromatic carbocycles. The molecule has 0 aliphatic heterocycles. The van der Waals surface area contributed by atoms with Crippen molar-refractivity contribution >= 4 is 27.4 Å². The van der Waals surface area contributed by atoms with Crippen LogP contribution in [0.5, 0.6) is 11.5 Å². The van der Waals surface area contributed by atoms with E-state index < -0.39 is 0 Å². The van der Waals surface area contributed by atoms with Crippen LogP contribution in [0.15, 0.2) is 34.9 Å². The van der Waals surface area contributed by atoms with Crippen molar-refractivity contribution in [2.45, 2.75) is 6.92 Å². The summed E-state index contributed by atoms with van der Waals surface area (Å²) in [6.45, 7) is 1.98. The van der Waals surface area contributed by atoms with Crippen LogP contribution in [-0.2, 0) is 0 Å². The van der Waals surface area contributed by atoms with E-state index >= 15 is 0 Å². The molecule has 1 heterocycles. The van der Waals surface area contributed by atoms with Gasteiger partial charge in [-0.15, -0.1) is 0 Å². The lowest BCUT2D eigenvalue weighted by atomic mass is 10.1. The number of pyridine rings is 1. The molecule has 0 N–H and O–H groups in total. The van der Waals surface area contributed by atoms with Crippen molar-refractivity contribution in [1.29, 1.82) is 0 Å². The number of methoxy groups -OCH3 is 2. The standard InChI is InChI=1S/C15H17BrN2O2/c1-10-13(19-3)7-6-12(15(10)20-4)18(2)14-8-5-11(16)9-17-14/h5-9H,1-4H3. The van der Waals surface area contributed by atoms with E-state index in [1.165, 1.54) is 0 Å². The van der Waals surface area contributed by atoms with Crippen LogP contribution < -0.4 is 14.4 Å². The summed E-state index contributed by atoms with van der Waals surface area (Å²) in [7, 11) is 5.27. The zero-order valence-corrected chi connectivity index (χ0v) is 13.6. The molecule has 0 saturated heterocycles. The molecule has 0 saturated carbocycles. The molecule has 20 heavy (non-hydrogen) atoms. The van der Waals surface area contributed by atoms with Gasteiger partial charge >= 0.3 is 0 Å². The Kier molecular flexibility index (Phi) is 4.49. The molecule has 5 heteroatoms. The second-order valence-electron chi connectivity index (χ2n) is 4.34. The lowest BCUT2D eigenvalue weighted by molar-refractivity contribution is 0.389. The first-order valence-electron chi connectivity index (χ1n) is 6.15. The Hall–Kier alpha value is -1.75. The molecule has 0 bridgehead atoms. The van der Waals surface area contributed by atoms with Crippen LogP contribution in [0.4, 0.5) is 11.5 Å². The number of halogens is 1. The van der Waals surface area contributed by atoms with Gasteiger partial charge in [0.1, 0.15) is 17.3 Å². The zero-order chi connectivity index (χ0) is 14.7. The summed E-state index contributed by atoms with van der Waals surface area (Å²) in [5.74, 6) is 2.44. The molecule has 0 aliphatic rings. The fourth-order valence-corrected chi connectivity index (χ4v) is 2.33. The number of hydrogen-bond acceptors (Lipinski definition) is 4. The minimum atomic E-state index is 0.788. The number of nitrogens with zero attached hydrogens (tertiary/aromatic N) is 2. The van der Waals surface area contributed by atoms with Crippen molar-refractivity contribution < 1.29 is 9.47 Å². The van der Waals surface area contributed by atoms with E-state index in [1.54, 1.807) is 20.4 Å². The highest BCUT2D eigenvalue weighted by Gasteiger charge is 2.16. The number of rotatable bonds is 4. The van der Waals surface area contributed by atoms with Gasteiger partial charge < -0.3 is 14.4 Å². The van der Waals surface area contributed by atoms with Gasteiger partial charge in [0.15, 0.2) is 0 Å². The van der Waals surface area contributed by atoms with Crippen molar-refractivity contribution in [2.75, 3.05) is 26.2 Å². The third kappa shape index (κ3) is 2.72. The van der Waals surface area contributed by atoms with Gasteiger partial charge in [0.25, 0.3) is 0 Å². The summed E-state index contributed by atoms with van der Waals surface area (Å²) in [5.41, 5.74) is 1.91. The molecule has 106 valence electrons. The molecule has 4 nitrogen and oxygen atoms in total. The van der Waals surface area contributed by atoms with Gasteiger partial charge in [-0.1, -0.05) is 0 Å². The van der Waals surface area contributed by atoms with E-state index in [4.69, 9.17) is 9.47 Å². The van der Waals surface area contributed by atoms with E-state index in [0.717, 1.165) is 33.0 Å². The van der Waals surface area contributed by atoms with Crippen molar-refractivity contribution in [3.05, 3.63) is 40.5 Å². The highest BCUT2D eigenvalue weighted by molar-refractivity contribution is 9.10. The fraction of sp³-hybridized carbons (Fsp3) is 0.267. The van der Waals surface area contributed by atoms with E-state index in [9.17, 15) is 0 Å². The Morgan fingerprint density at radius 1 is 1.10 bits per heavy atom. The van der Waals surface area contributed by atoms with E-state index in [2.05, 4.69) is 20.9 Å². The minimum absolute atomic E-state index is 0.788. The first kappa shape index (κ1) is 14.7. The minimum Gasteiger partial charge on any atom is -0.496 e. The maximum atomic E-state index is 5.53. The molecule has 0 aliphatic carbocycles. The lowest BCUT2D eigenvalue weighted by Crippen LogP contribution is -2.13. The topological polar surface area (TPSA) is 34.6 Å². The number of benzene rings is 1. The highest BCUT2D eigenvalue weighted by Crippen LogP contribution is 2.38. The summed E-state index contributed by atoms with van der Waals surface area (Å²) in [4.78, 5) is 6.38. The number of hydrogen-bond donors (Lipinski definition) is 0. The van der Waals surface area contributed by atoms with Crippen LogP contribution in [0.1, 0.15) is 5.56 Å². The largest absolute Gasteiger partial charge is 0.496 e. The molecular formula is C15H17BrN2O2. The van der Waals surface area contributed by atoms with E-state index in [-0.39, 0.29) is 0 Å². The third-order valence-corrected chi connectivity index (χ3v) is 3.65. The first-order chi connectivity index (χ1) is 9.58. The van der Waals surface area contributed by atoms with Gasteiger partial charge in [0.2, 0.25) is 0 Å². The summed E-state index contributed by atoms with van der Waals surface area (Å²) in [6.07, 6.45) is 1.77. The quantitative estimate of drug-likeness (QED) is 0.846. The summed E-state index contributed by atoms with van der Waals surface area (Å²) in [6, 6.07) is 7.81. The molecule has 0 radical (unpaired) electrons. The number of ether oxygens (including phenoxy) is 2. The normalized spacial score (nSPS) is 10.2. The fourth-order valence-electron chi connectivity index (χ4n) is 2.09. The Morgan fingerprint density at radius 3 is 2.40 bits per heavy atom. The predicted octanol–water partition coefficient (Wildman–Crippen LogP) is 3.94. The Morgan fingerprint density at radius 2 is 1.85 bits per heavy atom. The van der Waals surface area contributed by atoms with Crippen LogP contribution >= 0.6 is 15.9 Å². The molecular weight excluding hydrogens is 320 g/mol.